The van der Waals surface area contributed by atoms with Gasteiger partial charge in [0.1, 0.15) is 12.4 Å². The van der Waals surface area contributed by atoms with Gasteiger partial charge in [0.25, 0.3) is 5.91 Å². The molecule has 0 aliphatic carbocycles. The zero-order chi connectivity index (χ0) is 21.9. The SMILES string of the molecule is CCN(C)CCCNC(=O)c1ccccc1Nc1ccc(OCc2ccccc2)cc1. The molecule has 31 heavy (non-hydrogen) atoms. The quantitative estimate of drug-likeness (QED) is 0.427. The Morgan fingerprint density at radius 2 is 1.65 bits per heavy atom. The van der Waals surface area contributed by atoms with Gasteiger partial charge in [-0.2, -0.15) is 0 Å². The number of para-hydroxylation sites is 1. The van der Waals surface area contributed by atoms with E-state index in [1.54, 1.807) is 0 Å². The van der Waals surface area contributed by atoms with Crippen LogP contribution in [0.15, 0.2) is 78.9 Å². The first-order chi connectivity index (χ1) is 15.2. The first kappa shape index (κ1) is 22.4. The molecule has 0 saturated carbocycles. The highest BCUT2D eigenvalue weighted by Crippen LogP contribution is 2.23. The summed E-state index contributed by atoms with van der Waals surface area (Å²) in [5.74, 6) is 0.738. The van der Waals surface area contributed by atoms with E-state index in [0.717, 1.165) is 42.2 Å². The topological polar surface area (TPSA) is 53.6 Å². The molecule has 1 amide bonds. The van der Waals surface area contributed by atoms with Gasteiger partial charge in [0.15, 0.2) is 0 Å². The van der Waals surface area contributed by atoms with Crippen LogP contribution in [0.2, 0.25) is 0 Å². The van der Waals surface area contributed by atoms with Gasteiger partial charge in [0.2, 0.25) is 0 Å². The first-order valence-corrected chi connectivity index (χ1v) is 10.8. The summed E-state index contributed by atoms with van der Waals surface area (Å²) in [7, 11) is 2.08. The Hall–Kier alpha value is -3.31. The third-order valence-corrected chi connectivity index (χ3v) is 5.10. The van der Waals surface area contributed by atoms with E-state index in [1.165, 1.54) is 0 Å². The molecular weight excluding hydrogens is 386 g/mol. The number of ether oxygens (including phenoxy) is 1. The molecule has 0 radical (unpaired) electrons. The zero-order valence-corrected chi connectivity index (χ0v) is 18.3. The van der Waals surface area contributed by atoms with E-state index >= 15 is 0 Å². The number of hydrogen-bond donors (Lipinski definition) is 2. The predicted octanol–water partition coefficient (Wildman–Crippen LogP) is 5.08. The van der Waals surface area contributed by atoms with Gasteiger partial charge in [-0.05, 0) is 68.5 Å². The molecule has 5 heteroatoms. The number of carbonyl (C=O) groups excluding carboxylic acids is 1. The summed E-state index contributed by atoms with van der Waals surface area (Å²) in [6.45, 7) is 5.30. The maximum absolute atomic E-state index is 12.7. The Labute approximate surface area is 185 Å². The number of amides is 1. The minimum atomic E-state index is -0.0648. The third-order valence-electron chi connectivity index (χ3n) is 5.10. The molecule has 3 aromatic carbocycles. The largest absolute Gasteiger partial charge is 0.489 e. The van der Waals surface area contributed by atoms with Crippen LogP contribution in [0.3, 0.4) is 0 Å². The lowest BCUT2D eigenvalue weighted by molar-refractivity contribution is 0.0953. The van der Waals surface area contributed by atoms with Crippen LogP contribution in [0.5, 0.6) is 5.75 Å². The summed E-state index contributed by atoms with van der Waals surface area (Å²) in [5, 5.41) is 6.37. The molecular formula is C26H31N3O2. The summed E-state index contributed by atoms with van der Waals surface area (Å²) >= 11 is 0. The smallest absolute Gasteiger partial charge is 0.253 e. The van der Waals surface area contributed by atoms with E-state index in [4.69, 9.17) is 4.74 Å². The number of rotatable bonds is 11. The standard InChI is InChI=1S/C26H31N3O2/c1-3-29(2)19-9-18-27-26(30)24-12-7-8-13-25(24)28-22-14-16-23(17-15-22)31-20-21-10-5-4-6-11-21/h4-8,10-17,28H,3,9,18-20H2,1-2H3,(H,27,30). The van der Waals surface area contributed by atoms with E-state index < -0.39 is 0 Å². The van der Waals surface area contributed by atoms with Crippen LogP contribution < -0.4 is 15.4 Å². The van der Waals surface area contributed by atoms with Gasteiger partial charge in [0, 0.05) is 12.2 Å². The summed E-state index contributed by atoms with van der Waals surface area (Å²) in [4.78, 5) is 14.9. The van der Waals surface area contributed by atoms with E-state index in [1.807, 2.05) is 78.9 Å². The molecule has 0 heterocycles. The molecule has 162 valence electrons. The van der Waals surface area contributed by atoms with Crippen molar-refractivity contribution in [2.24, 2.45) is 0 Å². The maximum Gasteiger partial charge on any atom is 0.253 e. The number of nitrogens with one attached hydrogen (secondary N) is 2. The van der Waals surface area contributed by atoms with Crippen molar-refractivity contribution in [3.05, 3.63) is 90.0 Å². The summed E-state index contributed by atoms with van der Waals surface area (Å²) in [5.41, 5.74) is 3.45. The Balaban J connectivity index is 1.55. The minimum Gasteiger partial charge on any atom is -0.489 e. The van der Waals surface area contributed by atoms with Crippen molar-refractivity contribution in [1.82, 2.24) is 10.2 Å². The molecule has 0 fully saturated rings. The van der Waals surface area contributed by atoms with Crippen LogP contribution in [0, 0.1) is 0 Å². The van der Waals surface area contributed by atoms with Gasteiger partial charge in [-0.1, -0.05) is 49.4 Å². The number of benzene rings is 3. The predicted molar refractivity (Wildman–Crippen MR) is 127 cm³/mol. The Bertz CT molecular complexity index is 942. The molecule has 3 aromatic rings. The molecule has 3 rings (SSSR count). The summed E-state index contributed by atoms with van der Waals surface area (Å²) in [6.07, 6.45) is 0.927. The van der Waals surface area contributed by atoms with Gasteiger partial charge in [-0.25, -0.2) is 0 Å². The number of anilines is 2. The number of nitrogens with zero attached hydrogens (tertiary/aromatic N) is 1. The molecule has 0 atom stereocenters. The average molecular weight is 418 g/mol. The van der Waals surface area contributed by atoms with Gasteiger partial charge in [-0.3, -0.25) is 4.79 Å². The molecule has 2 N–H and O–H groups in total. The van der Waals surface area contributed by atoms with E-state index in [2.05, 4.69) is 29.5 Å². The van der Waals surface area contributed by atoms with Crippen molar-refractivity contribution in [1.29, 1.82) is 0 Å². The van der Waals surface area contributed by atoms with Crippen LogP contribution in [-0.4, -0.2) is 37.5 Å². The second-order valence-electron chi connectivity index (χ2n) is 7.47. The molecule has 0 spiro atoms. The molecule has 0 aliphatic rings. The van der Waals surface area contributed by atoms with Crippen molar-refractivity contribution in [2.75, 3.05) is 32.0 Å². The summed E-state index contributed by atoms with van der Waals surface area (Å²) < 4.78 is 5.84. The minimum absolute atomic E-state index is 0.0648. The Morgan fingerprint density at radius 3 is 2.39 bits per heavy atom. The fourth-order valence-electron chi connectivity index (χ4n) is 3.13. The highest BCUT2D eigenvalue weighted by molar-refractivity contribution is 6.00. The Kier molecular flexibility index (Phi) is 8.49. The van der Waals surface area contributed by atoms with Crippen LogP contribution in [0.4, 0.5) is 11.4 Å². The number of carbonyl (C=O) groups is 1. The lowest BCUT2D eigenvalue weighted by Gasteiger charge is -2.15. The van der Waals surface area contributed by atoms with Crippen molar-refractivity contribution in [3.63, 3.8) is 0 Å². The third kappa shape index (κ3) is 7.15. The van der Waals surface area contributed by atoms with Crippen molar-refractivity contribution in [2.45, 2.75) is 20.0 Å². The second-order valence-corrected chi connectivity index (χ2v) is 7.47. The van der Waals surface area contributed by atoms with Crippen LogP contribution in [-0.2, 0) is 6.61 Å². The van der Waals surface area contributed by atoms with Crippen molar-refractivity contribution in [3.8, 4) is 5.75 Å². The average Bonchev–Trinajstić information content (AvgIpc) is 2.82. The molecule has 0 saturated heterocycles. The number of hydrogen-bond acceptors (Lipinski definition) is 4. The summed E-state index contributed by atoms with van der Waals surface area (Å²) in [6, 6.07) is 25.4. The lowest BCUT2D eigenvalue weighted by atomic mass is 10.1. The van der Waals surface area contributed by atoms with E-state index in [0.29, 0.717) is 18.7 Å². The molecule has 0 aliphatic heterocycles. The normalized spacial score (nSPS) is 10.7. The van der Waals surface area contributed by atoms with Crippen molar-refractivity contribution < 1.29 is 9.53 Å². The van der Waals surface area contributed by atoms with E-state index in [9.17, 15) is 4.79 Å². The molecule has 5 nitrogen and oxygen atoms in total. The monoisotopic (exact) mass is 417 g/mol. The molecule has 0 aromatic heterocycles. The fraction of sp³-hybridized carbons (Fsp3) is 0.269. The molecule has 0 bridgehead atoms. The van der Waals surface area contributed by atoms with Crippen LogP contribution >= 0.6 is 0 Å². The maximum atomic E-state index is 12.7. The van der Waals surface area contributed by atoms with Gasteiger partial charge < -0.3 is 20.3 Å². The second kappa shape index (κ2) is 11.8. The highest BCUT2D eigenvalue weighted by atomic mass is 16.5. The molecule has 0 unspecified atom stereocenters. The highest BCUT2D eigenvalue weighted by Gasteiger charge is 2.11. The van der Waals surface area contributed by atoms with Crippen LogP contribution in [0.1, 0.15) is 29.3 Å². The van der Waals surface area contributed by atoms with Gasteiger partial charge >= 0.3 is 0 Å². The lowest BCUT2D eigenvalue weighted by Crippen LogP contribution is -2.28. The Morgan fingerprint density at radius 1 is 0.935 bits per heavy atom. The fourth-order valence-corrected chi connectivity index (χ4v) is 3.13. The van der Waals surface area contributed by atoms with Gasteiger partial charge in [-0.15, -0.1) is 0 Å². The van der Waals surface area contributed by atoms with Crippen molar-refractivity contribution >= 4 is 17.3 Å². The van der Waals surface area contributed by atoms with Crippen LogP contribution in [0.25, 0.3) is 0 Å². The first-order valence-electron chi connectivity index (χ1n) is 10.8. The van der Waals surface area contributed by atoms with E-state index in [-0.39, 0.29) is 5.91 Å². The zero-order valence-electron chi connectivity index (χ0n) is 18.3. The van der Waals surface area contributed by atoms with Gasteiger partial charge in [0.05, 0.1) is 11.3 Å².